The number of esters is 2. The number of carbonyl (C=O) groups is 4. The Balaban J connectivity index is 1.23. The number of hydrogen-bond acceptors (Lipinski definition) is 8. The summed E-state index contributed by atoms with van der Waals surface area (Å²) in [4.78, 5) is 49.3. The first-order valence-corrected chi connectivity index (χ1v) is 13.8. The fourth-order valence-electron chi connectivity index (χ4n) is 3.54. The maximum Gasteiger partial charge on any atom is 0.343 e. The minimum Gasteiger partial charge on any atom is -0.422 e. The van der Waals surface area contributed by atoms with Gasteiger partial charge in [-0.2, -0.15) is 10.2 Å². The van der Waals surface area contributed by atoms with Gasteiger partial charge in [0.15, 0.2) is 0 Å². The molecule has 0 saturated heterocycles. The minimum atomic E-state index is -0.581. The van der Waals surface area contributed by atoms with Gasteiger partial charge in [0.1, 0.15) is 11.5 Å². The van der Waals surface area contributed by atoms with Crippen LogP contribution in [0.1, 0.15) is 44.7 Å². The van der Waals surface area contributed by atoms with Crippen molar-refractivity contribution < 1.29 is 28.7 Å². The van der Waals surface area contributed by atoms with Gasteiger partial charge in [-0.3, -0.25) is 9.59 Å². The van der Waals surface area contributed by atoms with Gasteiger partial charge in [-0.15, -0.1) is 0 Å². The molecule has 0 spiro atoms. The lowest BCUT2D eigenvalue weighted by Gasteiger charge is -2.07. The van der Waals surface area contributed by atoms with Crippen molar-refractivity contribution in [3.05, 3.63) is 129 Å². The molecule has 0 aliphatic rings. The highest BCUT2D eigenvalue weighted by atomic mass is 35.5. The van der Waals surface area contributed by atoms with E-state index in [1.165, 1.54) is 12.4 Å². The molecule has 0 unspecified atom stereocenters. The van der Waals surface area contributed by atoms with E-state index in [-0.39, 0.29) is 24.3 Å². The average molecular weight is 631 g/mol. The molecule has 2 amide bonds. The van der Waals surface area contributed by atoms with Crippen LogP contribution in [0.25, 0.3) is 0 Å². The lowest BCUT2D eigenvalue weighted by atomic mass is 10.2. The lowest BCUT2D eigenvalue weighted by molar-refractivity contribution is -0.126. The summed E-state index contributed by atoms with van der Waals surface area (Å²) in [5.74, 6) is -1.72. The number of amides is 2. The maximum atomic E-state index is 12.4. The van der Waals surface area contributed by atoms with Gasteiger partial charge in [-0.05, 0) is 72.8 Å². The molecule has 0 heterocycles. The van der Waals surface area contributed by atoms with Crippen LogP contribution in [0.3, 0.4) is 0 Å². The molecule has 10 nitrogen and oxygen atoms in total. The minimum absolute atomic E-state index is 0.165. The topological polar surface area (TPSA) is 136 Å². The van der Waals surface area contributed by atoms with Crippen molar-refractivity contribution in [2.75, 3.05) is 0 Å². The first kappa shape index (κ1) is 31.6. The molecular formula is C32H24Cl2N4O6. The van der Waals surface area contributed by atoms with Crippen molar-refractivity contribution in [2.24, 2.45) is 10.2 Å². The van der Waals surface area contributed by atoms with Gasteiger partial charge in [0.25, 0.3) is 0 Å². The van der Waals surface area contributed by atoms with E-state index in [4.69, 9.17) is 32.7 Å². The Labute approximate surface area is 262 Å². The fourth-order valence-corrected chi connectivity index (χ4v) is 3.79. The summed E-state index contributed by atoms with van der Waals surface area (Å²) in [5, 5.41) is 8.77. The van der Waals surface area contributed by atoms with Crippen LogP contribution in [0, 0.1) is 0 Å². The number of para-hydroxylation sites is 2. The summed E-state index contributed by atoms with van der Waals surface area (Å²) in [6, 6.07) is 25.8. The van der Waals surface area contributed by atoms with Crippen LogP contribution in [-0.2, 0) is 9.59 Å². The number of nitrogens with zero attached hydrogens (tertiary/aromatic N) is 2. The summed E-state index contributed by atoms with van der Waals surface area (Å²) in [7, 11) is 0. The van der Waals surface area contributed by atoms with Crippen molar-refractivity contribution in [1.29, 1.82) is 0 Å². The Bertz CT molecular complexity index is 1580. The molecule has 4 rings (SSSR count). The molecule has 222 valence electrons. The number of nitrogens with one attached hydrogen (secondary N) is 2. The second kappa shape index (κ2) is 15.8. The highest BCUT2D eigenvalue weighted by Crippen LogP contribution is 2.20. The summed E-state index contributed by atoms with van der Waals surface area (Å²) in [6.07, 6.45) is 2.32. The number of hydrazone groups is 2. The van der Waals surface area contributed by atoms with Gasteiger partial charge < -0.3 is 9.47 Å². The Morgan fingerprint density at radius 1 is 0.568 bits per heavy atom. The Morgan fingerprint density at radius 2 is 0.932 bits per heavy atom. The van der Waals surface area contributed by atoms with Crippen molar-refractivity contribution in [3.8, 4) is 11.5 Å². The molecule has 4 aromatic carbocycles. The monoisotopic (exact) mass is 630 g/mol. The molecule has 2 N–H and O–H groups in total. The number of ether oxygens (including phenoxy) is 2. The van der Waals surface area contributed by atoms with Gasteiger partial charge in [-0.1, -0.05) is 47.5 Å². The van der Waals surface area contributed by atoms with Gasteiger partial charge in [-0.25, -0.2) is 20.4 Å². The number of halogens is 2. The normalized spacial score (nSPS) is 10.9. The predicted molar refractivity (Wildman–Crippen MR) is 166 cm³/mol. The third kappa shape index (κ3) is 9.62. The van der Waals surface area contributed by atoms with Crippen LogP contribution in [-0.4, -0.2) is 36.2 Å². The molecule has 0 fully saturated rings. The van der Waals surface area contributed by atoms with Gasteiger partial charge >= 0.3 is 11.9 Å². The standard InChI is InChI=1S/C32H24Cl2N4O6/c33-25-13-9-21(10-14-25)31(41)43-27-7-3-1-5-23(27)19-35-37-29(39)17-18-30(40)38-36-20-24-6-2-4-8-28(24)44-32(42)22-11-15-26(34)16-12-22/h1-16,19-20H,17-18H2,(H,37,39)(H,38,40). The molecular weight excluding hydrogens is 607 g/mol. The SMILES string of the molecule is O=C(CCC(=O)NN=Cc1ccccc1OC(=O)c1ccc(Cl)cc1)NN=Cc1ccccc1OC(=O)c1ccc(Cl)cc1. The molecule has 0 bridgehead atoms. The quantitative estimate of drug-likeness (QED) is 0.0928. The summed E-state index contributed by atoms with van der Waals surface area (Å²) in [6.45, 7) is 0. The Morgan fingerprint density at radius 3 is 1.32 bits per heavy atom. The van der Waals surface area contributed by atoms with Crippen molar-refractivity contribution in [1.82, 2.24) is 10.9 Å². The van der Waals surface area contributed by atoms with Crippen molar-refractivity contribution in [3.63, 3.8) is 0 Å². The predicted octanol–water partition coefficient (Wildman–Crippen LogP) is 5.81. The lowest BCUT2D eigenvalue weighted by Crippen LogP contribution is -2.23. The van der Waals surface area contributed by atoms with Crippen molar-refractivity contribution >= 4 is 59.4 Å². The van der Waals surface area contributed by atoms with Gasteiger partial charge in [0.2, 0.25) is 11.8 Å². The van der Waals surface area contributed by atoms with E-state index in [9.17, 15) is 19.2 Å². The number of hydrogen-bond donors (Lipinski definition) is 2. The van der Waals surface area contributed by atoms with E-state index in [1.54, 1.807) is 97.1 Å². The van der Waals surface area contributed by atoms with Crippen LogP contribution < -0.4 is 20.3 Å². The Hall–Kier alpha value is -5.32. The van der Waals surface area contributed by atoms with Gasteiger partial charge in [0.05, 0.1) is 23.6 Å². The third-order valence-electron chi connectivity index (χ3n) is 5.77. The maximum absolute atomic E-state index is 12.4. The van der Waals surface area contributed by atoms with Crippen LogP contribution in [0.15, 0.2) is 107 Å². The first-order chi connectivity index (χ1) is 21.3. The smallest absolute Gasteiger partial charge is 0.343 e. The summed E-state index contributed by atoms with van der Waals surface area (Å²) < 4.78 is 10.9. The van der Waals surface area contributed by atoms with Crippen LogP contribution in [0.5, 0.6) is 11.5 Å². The molecule has 12 heteroatoms. The zero-order chi connectivity index (χ0) is 31.3. The largest absolute Gasteiger partial charge is 0.422 e. The zero-order valence-corrected chi connectivity index (χ0v) is 24.4. The van der Waals surface area contributed by atoms with Crippen molar-refractivity contribution in [2.45, 2.75) is 12.8 Å². The van der Waals surface area contributed by atoms with Gasteiger partial charge in [0, 0.05) is 34.0 Å². The van der Waals surface area contributed by atoms with E-state index < -0.39 is 23.8 Å². The molecule has 0 aromatic heterocycles. The van der Waals surface area contributed by atoms with E-state index in [1.807, 2.05) is 0 Å². The second-order valence-corrected chi connectivity index (χ2v) is 9.83. The second-order valence-electron chi connectivity index (χ2n) is 8.95. The molecule has 0 atom stereocenters. The molecule has 44 heavy (non-hydrogen) atoms. The van der Waals surface area contributed by atoms with E-state index >= 15 is 0 Å². The molecule has 0 aliphatic carbocycles. The van der Waals surface area contributed by atoms with Crippen LogP contribution in [0.4, 0.5) is 0 Å². The van der Waals surface area contributed by atoms with Crippen LogP contribution in [0.2, 0.25) is 10.0 Å². The molecule has 0 aliphatic heterocycles. The number of rotatable bonds is 11. The first-order valence-electron chi connectivity index (χ1n) is 13.1. The molecule has 0 saturated carbocycles. The van der Waals surface area contributed by atoms with E-state index in [0.29, 0.717) is 32.3 Å². The fraction of sp³-hybridized carbons (Fsp3) is 0.0625. The number of benzene rings is 4. The Kier molecular flexibility index (Phi) is 11.3. The summed E-state index contributed by atoms with van der Waals surface area (Å²) in [5.41, 5.74) is 6.19. The highest BCUT2D eigenvalue weighted by molar-refractivity contribution is 6.31. The third-order valence-corrected chi connectivity index (χ3v) is 6.27. The van der Waals surface area contributed by atoms with E-state index in [2.05, 4.69) is 21.1 Å². The van der Waals surface area contributed by atoms with E-state index in [0.717, 1.165) is 0 Å². The summed E-state index contributed by atoms with van der Waals surface area (Å²) >= 11 is 11.7. The molecule has 4 aromatic rings. The van der Waals surface area contributed by atoms with Crippen LogP contribution >= 0.6 is 23.2 Å². The molecule has 0 radical (unpaired) electrons. The highest BCUT2D eigenvalue weighted by Gasteiger charge is 2.12. The average Bonchev–Trinajstić information content (AvgIpc) is 3.02. The zero-order valence-electron chi connectivity index (χ0n) is 22.9. The number of carbonyl (C=O) groups excluding carboxylic acids is 4.